The number of aromatic nitrogens is 2. The Labute approximate surface area is 139 Å². The number of aryl methyl sites for hydroxylation is 1. The van der Waals surface area contributed by atoms with E-state index >= 15 is 0 Å². The van der Waals surface area contributed by atoms with Gasteiger partial charge in [-0.1, -0.05) is 17.7 Å². The summed E-state index contributed by atoms with van der Waals surface area (Å²) in [6, 6.07) is 5.30. The van der Waals surface area contributed by atoms with Crippen molar-refractivity contribution in [2.24, 2.45) is 0 Å². The van der Waals surface area contributed by atoms with Gasteiger partial charge in [-0.05, 0) is 45.4 Å². The van der Waals surface area contributed by atoms with E-state index in [-0.39, 0.29) is 22.9 Å². The van der Waals surface area contributed by atoms with E-state index in [2.05, 4.69) is 20.6 Å². The topological polar surface area (TPSA) is 93.0 Å². The van der Waals surface area contributed by atoms with Crippen molar-refractivity contribution in [2.45, 2.75) is 33.2 Å². The summed E-state index contributed by atoms with van der Waals surface area (Å²) in [4.78, 5) is 18.9. The molecule has 1 aromatic carbocycles. The number of nitrogens with one attached hydrogen (secondary N) is 2. The molecule has 0 saturated carbocycles. The monoisotopic (exact) mass is 335 g/mol. The van der Waals surface area contributed by atoms with Gasteiger partial charge in [-0.2, -0.15) is 0 Å². The van der Waals surface area contributed by atoms with Crippen LogP contribution in [0.1, 0.15) is 26.3 Å². The molecular formula is C15H18ClN5O2. The van der Waals surface area contributed by atoms with Crippen LogP contribution in [0.4, 0.5) is 23.0 Å². The molecule has 0 bridgehead atoms. The van der Waals surface area contributed by atoms with Crippen LogP contribution in [0.5, 0.6) is 0 Å². The Balaban J connectivity index is 2.43. The van der Waals surface area contributed by atoms with Gasteiger partial charge < -0.3 is 10.6 Å². The van der Waals surface area contributed by atoms with Crippen molar-refractivity contribution in [3.05, 3.63) is 45.2 Å². The molecule has 0 atom stereocenters. The maximum absolute atomic E-state index is 11.5. The van der Waals surface area contributed by atoms with Gasteiger partial charge in [-0.15, -0.1) is 0 Å². The lowest BCUT2D eigenvalue weighted by atomic mass is 10.1. The van der Waals surface area contributed by atoms with Gasteiger partial charge in [0.05, 0.1) is 4.92 Å². The first kappa shape index (κ1) is 17.0. The quantitative estimate of drug-likeness (QED) is 0.639. The number of hydrogen-bond acceptors (Lipinski definition) is 6. The second kappa shape index (κ2) is 6.37. The summed E-state index contributed by atoms with van der Waals surface area (Å²) in [6.45, 7) is 7.56. The average molecular weight is 336 g/mol. The van der Waals surface area contributed by atoms with E-state index in [9.17, 15) is 10.1 Å². The third-order valence-electron chi connectivity index (χ3n) is 2.93. The van der Waals surface area contributed by atoms with Crippen molar-refractivity contribution in [3.63, 3.8) is 0 Å². The molecule has 8 heteroatoms. The van der Waals surface area contributed by atoms with Gasteiger partial charge in [-0.25, -0.2) is 9.97 Å². The molecule has 1 heterocycles. The van der Waals surface area contributed by atoms with Crippen LogP contribution in [0.3, 0.4) is 0 Å². The second-order valence-corrected chi connectivity index (χ2v) is 6.55. The van der Waals surface area contributed by atoms with Gasteiger partial charge in [0, 0.05) is 16.2 Å². The fourth-order valence-electron chi connectivity index (χ4n) is 1.90. The maximum Gasteiger partial charge on any atom is 0.353 e. The molecule has 1 aromatic heterocycles. The van der Waals surface area contributed by atoms with Crippen molar-refractivity contribution < 1.29 is 4.92 Å². The molecule has 122 valence electrons. The predicted octanol–water partition coefficient (Wildman–Crippen LogP) is 4.30. The van der Waals surface area contributed by atoms with E-state index in [0.29, 0.717) is 10.7 Å². The van der Waals surface area contributed by atoms with E-state index < -0.39 is 4.92 Å². The maximum atomic E-state index is 11.5. The van der Waals surface area contributed by atoms with Crippen LogP contribution in [0.2, 0.25) is 5.02 Å². The number of anilines is 3. The Morgan fingerprint density at radius 1 is 1.22 bits per heavy atom. The lowest BCUT2D eigenvalue weighted by Crippen LogP contribution is -2.27. The summed E-state index contributed by atoms with van der Waals surface area (Å²) in [5.41, 5.74) is 0.955. The zero-order valence-corrected chi connectivity index (χ0v) is 14.1. The molecule has 0 saturated heterocycles. The fraction of sp³-hybridized carbons (Fsp3) is 0.333. The van der Waals surface area contributed by atoms with Crippen LogP contribution < -0.4 is 10.6 Å². The molecule has 2 aromatic rings. The van der Waals surface area contributed by atoms with Gasteiger partial charge in [0.2, 0.25) is 11.6 Å². The Kier molecular flexibility index (Phi) is 4.70. The summed E-state index contributed by atoms with van der Waals surface area (Å²) in [6.07, 6.45) is 1.28. The molecule has 0 radical (unpaired) electrons. The highest BCUT2D eigenvalue weighted by atomic mass is 35.5. The Morgan fingerprint density at radius 3 is 2.43 bits per heavy atom. The number of halogens is 1. The SMILES string of the molecule is Cc1ccc(Nc2ncnc(NC(C)(C)C)c2[N+](=O)[O-])cc1Cl. The van der Waals surface area contributed by atoms with Crippen molar-refractivity contribution in [3.8, 4) is 0 Å². The van der Waals surface area contributed by atoms with Gasteiger partial charge in [0.15, 0.2) is 0 Å². The van der Waals surface area contributed by atoms with Gasteiger partial charge >= 0.3 is 5.69 Å². The molecule has 0 aliphatic rings. The first-order chi connectivity index (χ1) is 10.7. The predicted molar refractivity (Wildman–Crippen MR) is 91.5 cm³/mol. The van der Waals surface area contributed by atoms with E-state index in [0.717, 1.165) is 5.56 Å². The largest absolute Gasteiger partial charge is 0.360 e. The van der Waals surface area contributed by atoms with Crippen LogP contribution in [0.15, 0.2) is 24.5 Å². The van der Waals surface area contributed by atoms with Gasteiger partial charge in [0.25, 0.3) is 0 Å². The second-order valence-electron chi connectivity index (χ2n) is 6.14. The highest BCUT2D eigenvalue weighted by molar-refractivity contribution is 6.31. The Morgan fingerprint density at radius 2 is 1.87 bits per heavy atom. The standard InChI is InChI=1S/C15H18ClN5O2/c1-9-5-6-10(7-11(9)16)19-13-12(21(22)23)14(18-8-17-13)20-15(2,3)4/h5-8H,1-4H3,(H2,17,18,19,20). The van der Waals surface area contributed by atoms with Crippen LogP contribution in [-0.2, 0) is 0 Å². The van der Waals surface area contributed by atoms with Gasteiger partial charge in [-0.3, -0.25) is 10.1 Å². The third-order valence-corrected chi connectivity index (χ3v) is 3.34. The highest BCUT2D eigenvalue weighted by Gasteiger charge is 2.26. The van der Waals surface area contributed by atoms with Gasteiger partial charge in [0.1, 0.15) is 6.33 Å². The molecule has 0 amide bonds. The van der Waals surface area contributed by atoms with E-state index in [1.54, 1.807) is 12.1 Å². The van der Waals surface area contributed by atoms with E-state index in [1.807, 2.05) is 33.8 Å². The molecule has 0 aliphatic heterocycles. The van der Waals surface area contributed by atoms with Crippen molar-refractivity contribution in [1.82, 2.24) is 9.97 Å². The molecule has 23 heavy (non-hydrogen) atoms. The third kappa shape index (κ3) is 4.29. The molecule has 2 N–H and O–H groups in total. The number of nitrogens with zero attached hydrogens (tertiary/aromatic N) is 3. The van der Waals surface area contributed by atoms with E-state index in [1.165, 1.54) is 6.33 Å². The smallest absolute Gasteiger partial charge is 0.353 e. The summed E-state index contributed by atoms with van der Waals surface area (Å²) in [7, 11) is 0. The minimum absolute atomic E-state index is 0.108. The molecule has 0 aliphatic carbocycles. The first-order valence-corrected chi connectivity index (χ1v) is 7.36. The highest BCUT2D eigenvalue weighted by Crippen LogP contribution is 2.33. The van der Waals surface area contributed by atoms with Crippen molar-refractivity contribution in [2.75, 3.05) is 10.6 Å². The summed E-state index contributed by atoms with van der Waals surface area (Å²) in [5, 5.41) is 18.0. The lowest BCUT2D eigenvalue weighted by Gasteiger charge is -2.21. The molecule has 0 fully saturated rings. The molecule has 0 unspecified atom stereocenters. The number of hydrogen-bond donors (Lipinski definition) is 2. The minimum Gasteiger partial charge on any atom is -0.360 e. The summed E-state index contributed by atoms with van der Waals surface area (Å²) in [5.74, 6) is 0.273. The first-order valence-electron chi connectivity index (χ1n) is 6.98. The lowest BCUT2D eigenvalue weighted by molar-refractivity contribution is -0.383. The zero-order valence-electron chi connectivity index (χ0n) is 13.3. The molecule has 0 spiro atoms. The minimum atomic E-state index is -0.508. The van der Waals surface area contributed by atoms with Crippen LogP contribution in [0.25, 0.3) is 0 Å². The molecular weight excluding hydrogens is 318 g/mol. The Hall–Kier alpha value is -2.41. The number of nitro groups is 1. The average Bonchev–Trinajstić information content (AvgIpc) is 2.41. The van der Waals surface area contributed by atoms with Crippen LogP contribution >= 0.6 is 11.6 Å². The normalized spacial score (nSPS) is 11.2. The van der Waals surface area contributed by atoms with Crippen LogP contribution in [0, 0.1) is 17.0 Å². The van der Waals surface area contributed by atoms with E-state index in [4.69, 9.17) is 11.6 Å². The molecule has 7 nitrogen and oxygen atoms in total. The van der Waals surface area contributed by atoms with Crippen LogP contribution in [-0.4, -0.2) is 20.4 Å². The zero-order chi connectivity index (χ0) is 17.2. The summed E-state index contributed by atoms with van der Waals surface area (Å²) < 4.78 is 0. The van der Waals surface area contributed by atoms with Crippen molar-refractivity contribution >= 4 is 34.6 Å². The number of rotatable bonds is 4. The van der Waals surface area contributed by atoms with Crippen molar-refractivity contribution in [1.29, 1.82) is 0 Å². The fourth-order valence-corrected chi connectivity index (χ4v) is 2.08. The summed E-state index contributed by atoms with van der Waals surface area (Å²) >= 11 is 6.08. The number of benzene rings is 1. The molecule has 2 rings (SSSR count). The Bertz CT molecular complexity index is 743.